The van der Waals surface area contributed by atoms with Crippen molar-refractivity contribution in [3.05, 3.63) is 29.3 Å². The van der Waals surface area contributed by atoms with Gasteiger partial charge in [0.05, 0.1) is 12.1 Å². The third-order valence-electron chi connectivity index (χ3n) is 2.46. The molecule has 5 nitrogen and oxygen atoms in total. The fourth-order valence-electron chi connectivity index (χ4n) is 1.54. The van der Waals surface area contributed by atoms with Crippen molar-refractivity contribution in [1.29, 1.82) is 0 Å². The third kappa shape index (κ3) is 3.92. The summed E-state index contributed by atoms with van der Waals surface area (Å²) in [5.74, 6) is -0.607. The molecule has 106 valence electrons. The second kappa shape index (κ2) is 6.88. The summed E-state index contributed by atoms with van der Waals surface area (Å²) >= 11 is 5.90. The Morgan fingerprint density at radius 1 is 1.37 bits per heavy atom. The van der Waals surface area contributed by atoms with E-state index in [1.165, 1.54) is 19.2 Å². The molecule has 0 N–H and O–H groups in total. The third-order valence-corrected chi connectivity index (χ3v) is 4.81. The molecular formula is C12H16ClNO4S. The van der Waals surface area contributed by atoms with E-state index in [-0.39, 0.29) is 23.0 Å². The maximum atomic E-state index is 12.4. The van der Waals surface area contributed by atoms with E-state index in [0.29, 0.717) is 6.42 Å². The van der Waals surface area contributed by atoms with Gasteiger partial charge in [0.2, 0.25) is 10.0 Å². The zero-order valence-corrected chi connectivity index (χ0v) is 12.4. The number of benzene rings is 1. The molecule has 0 aliphatic carbocycles. The van der Waals surface area contributed by atoms with Gasteiger partial charge in [-0.25, -0.2) is 8.42 Å². The molecule has 0 heterocycles. The fourth-order valence-corrected chi connectivity index (χ4v) is 3.50. The van der Waals surface area contributed by atoms with Crippen molar-refractivity contribution < 1.29 is 17.9 Å². The van der Waals surface area contributed by atoms with Gasteiger partial charge in [0.1, 0.15) is 11.4 Å². The molecule has 7 heteroatoms. The molecule has 1 aromatic rings. The normalized spacial score (nSPS) is 11.6. The van der Waals surface area contributed by atoms with Crippen LogP contribution in [0.15, 0.2) is 29.2 Å². The Morgan fingerprint density at radius 3 is 2.53 bits per heavy atom. The van der Waals surface area contributed by atoms with Gasteiger partial charge >= 0.3 is 5.97 Å². The molecule has 0 aromatic heterocycles. The number of halogens is 1. The molecule has 0 aliphatic heterocycles. The Bertz CT molecular complexity index is 544. The van der Waals surface area contributed by atoms with Gasteiger partial charge in [-0.15, -0.1) is 0 Å². The maximum Gasteiger partial charge on any atom is 0.321 e. The average Bonchev–Trinajstić information content (AvgIpc) is 2.38. The van der Waals surface area contributed by atoms with E-state index in [1.807, 2.05) is 6.92 Å². The number of nitrogens with zero attached hydrogens (tertiary/aromatic N) is 1. The molecule has 1 rings (SSSR count). The first-order chi connectivity index (χ1) is 8.93. The lowest BCUT2D eigenvalue weighted by Crippen LogP contribution is -2.36. The molecule has 0 saturated heterocycles. The van der Waals surface area contributed by atoms with Gasteiger partial charge in [0, 0.05) is 6.54 Å². The molecule has 0 bridgehead atoms. The van der Waals surface area contributed by atoms with Gasteiger partial charge in [0.15, 0.2) is 0 Å². The van der Waals surface area contributed by atoms with Crippen LogP contribution in [0, 0.1) is 0 Å². The first kappa shape index (κ1) is 15.9. The number of carbonyl (C=O) groups excluding carboxylic acids is 1. The predicted molar refractivity (Wildman–Crippen MR) is 72.5 cm³/mol. The summed E-state index contributed by atoms with van der Waals surface area (Å²) in [5, 5.41) is 0.133. The summed E-state index contributed by atoms with van der Waals surface area (Å²) < 4.78 is 30.4. The summed E-state index contributed by atoms with van der Waals surface area (Å²) in [6, 6.07) is 6.14. The molecule has 0 spiro atoms. The number of carbonyl (C=O) groups is 1. The minimum Gasteiger partial charge on any atom is -0.468 e. The second-order valence-electron chi connectivity index (χ2n) is 3.85. The van der Waals surface area contributed by atoms with Crippen LogP contribution in [0.1, 0.15) is 13.3 Å². The molecular weight excluding hydrogens is 290 g/mol. The highest BCUT2D eigenvalue weighted by Crippen LogP contribution is 2.24. The Balaban J connectivity index is 3.13. The molecule has 0 radical (unpaired) electrons. The van der Waals surface area contributed by atoms with Crippen LogP contribution < -0.4 is 0 Å². The van der Waals surface area contributed by atoms with E-state index in [2.05, 4.69) is 4.74 Å². The van der Waals surface area contributed by atoms with Crippen molar-refractivity contribution in [2.24, 2.45) is 0 Å². The number of hydrogen-bond acceptors (Lipinski definition) is 4. The van der Waals surface area contributed by atoms with E-state index >= 15 is 0 Å². The number of ether oxygens (including phenoxy) is 1. The van der Waals surface area contributed by atoms with Crippen molar-refractivity contribution in [3.63, 3.8) is 0 Å². The molecule has 0 saturated carbocycles. The Hall–Kier alpha value is -1.11. The quantitative estimate of drug-likeness (QED) is 0.753. The lowest BCUT2D eigenvalue weighted by molar-refractivity contribution is -0.140. The number of methoxy groups -OCH3 is 1. The number of esters is 1. The molecule has 0 aliphatic rings. The average molecular weight is 306 g/mol. The smallest absolute Gasteiger partial charge is 0.321 e. The Labute approximate surface area is 118 Å². The van der Waals surface area contributed by atoms with Gasteiger partial charge in [-0.3, -0.25) is 4.79 Å². The largest absolute Gasteiger partial charge is 0.468 e. The van der Waals surface area contributed by atoms with Gasteiger partial charge in [-0.05, 0) is 18.6 Å². The SMILES string of the molecule is CCCN(CC(=O)OC)S(=O)(=O)c1ccccc1Cl. The molecule has 1 aromatic carbocycles. The summed E-state index contributed by atoms with van der Waals surface area (Å²) in [5.41, 5.74) is 0. The van der Waals surface area contributed by atoms with E-state index in [4.69, 9.17) is 11.6 Å². The van der Waals surface area contributed by atoms with Crippen molar-refractivity contribution in [2.75, 3.05) is 20.2 Å². The molecule has 0 fully saturated rings. The molecule has 0 amide bonds. The van der Waals surface area contributed by atoms with Crippen molar-refractivity contribution >= 4 is 27.6 Å². The first-order valence-electron chi connectivity index (χ1n) is 5.75. The highest BCUT2D eigenvalue weighted by atomic mass is 35.5. The van der Waals surface area contributed by atoms with Crippen LogP contribution in [0.25, 0.3) is 0 Å². The van der Waals surface area contributed by atoms with E-state index in [9.17, 15) is 13.2 Å². The van der Waals surface area contributed by atoms with Gasteiger partial charge in [0.25, 0.3) is 0 Å². The zero-order valence-electron chi connectivity index (χ0n) is 10.8. The summed E-state index contributed by atoms with van der Waals surface area (Å²) in [6.45, 7) is 1.73. The van der Waals surface area contributed by atoms with Gasteiger partial charge in [-0.1, -0.05) is 30.7 Å². The second-order valence-corrected chi connectivity index (χ2v) is 6.16. The minimum absolute atomic E-state index is 0.00554. The van der Waals surface area contributed by atoms with E-state index in [0.717, 1.165) is 4.31 Å². The lowest BCUT2D eigenvalue weighted by Gasteiger charge is -2.20. The predicted octanol–water partition coefficient (Wildman–Crippen LogP) is 1.91. The van der Waals surface area contributed by atoms with Crippen LogP contribution in [0.4, 0.5) is 0 Å². The molecule has 0 atom stereocenters. The highest BCUT2D eigenvalue weighted by Gasteiger charge is 2.27. The van der Waals surface area contributed by atoms with E-state index in [1.54, 1.807) is 12.1 Å². The number of sulfonamides is 1. The summed E-state index contributed by atoms with van der Waals surface area (Å²) in [7, 11) is -2.58. The maximum absolute atomic E-state index is 12.4. The van der Waals surface area contributed by atoms with Crippen LogP contribution in [0.2, 0.25) is 5.02 Å². The van der Waals surface area contributed by atoms with Crippen LogP contribution in [0.3, 0.4) is 0 Å². The van der Waals surface area contributed by atoms with Crippen LogP contribution in [-0.4, -0.2) is 38.9 Å². The van der Waals surface area contributed by atoms with Crippen LogP contribution in [0.5, 0.6) is 0 Å². The van der Waals surface area contributed by atoms with Crippen molar-refractivity contribution in [1.82, 2.24) is 4.31 Å². The minimum atomic E-state index is -3.80. The number of rotatable bonds is 6. The van der Waals surface area contributed by atoms with Gasteiger partial charge < -0.3 is 4.74 Å². The standard InChI is InChI=1S/C12H16ClNO4S/c1-3-8-14(9-12(15)18-2)19(16,17)11-7-5-4-6-10(11)13/h4-7H,3,8-9H2,1-2H3. The Kier molecular flexibility index (Phi) is 5.78. The Morgan fingerprint density at radius 2 is 2.00 bits per heavy atom. The zero-order chi connectivity index (χ0) is 14.5. The van der Waals surface area contributed by atoms with Crippen LogP contribution >= 0.6 is 11.6 Å². The van der Waals surface area contributed by atoms with Crippen molar-refractivity contribution in [3.8, 4) is 0 Å². The van der Waals surface area contributed by atoms with Crippen LogP contribution in [-0.2, 0) is 19.6 Å². The van der Waals surface area contributed by atoms with Gasteiger partial charge in [-0.2, -0.15) is 4.31 Å². The monoisotopic (exact) mass is 305 g/mol. The topological polar surface area (TPSA) is 63.7 Å². The highest BCUT2D eigenvalue weighted by molar-refractivity contribution is 7.89. The summed E-state index contributed by atoms with van der Waals surface area (Å²) in [6.07, 6.45) is 0.584. The number of hydrogen-bond donors (Lipinski definition) is 0. The lowest BCUT2D eigenvalue weighted by atomic mass is 10.4. The van der Waals surface area contributed by atoms with E-state index < -0.39 is 16.0 Å². The first-order valence-corrected chi connectivity index (χ1v) is 7.56. The van der Waals surface area contributed by atoms with Crippen molar-refractivity contribution in [2.45, 2.75) is 18.2 Å². The molecule has 19 heavy (non-hydrogen) atoms. The fraction of sp³-hybridized carbons (Fsp3) is 0.417. The molecule has 0 unspecified atom stereocenters. The summed E-state index contributed by atoms with van der Waals surface area (Å²) in [4.78, 5) is 11.3.